The molecule has 2 aromatic rings. The summed E-state index contributed by atoms with van der Waals surface area (Å²) in [6.45, 7) is 0. The molecule has 0 aliphatic carbocycles. The molecule has 8 heteroatoms. The Hall–Kier alpha value is -2.35. The summed E-state index contributed by atoms with van der Waals surface area (Å²) in [5, 5.41) is 4.01. The van der Waals surface area contributed by atoms with E-state index in [4.69, 9.17) is 5.73 Å². The molecule has 0 amide bonds. The van der Waals surface area contributed by atoms with E-state index < -0.39 is 15.8 Å². The van der Waals surface area contributed by atoms with E-state index in [-0.39, 0.29) is 16.3 Å². The number of rotatable bonds is 3. The van der Waals surface area contributed by atoms with Gasteiger partial charge in [0, 0.05) is 6.26 Å². The summed E-state index contributed by atoms with van der Waals surface area (Å²) in [5.41, 5.74) is 6.45. The fourth-order valence-corrected chi connectivity index (χ4v) is 2.25. The molecule has 0 saturated heterocycles. The molecule has 0 saturated carbocycles. The van der Waals surface area contributed by atoms with E-state index in [1.165, 1.54) is 30.1 Å². The van der Waals surface area contributed by atoms with Crippen LogP contribution in [0.5, 0.6) is 0 Å². The van der Waals surface area contributed by atoms with E-state index in [0.29, 0.717) is 5.69 Å². The lowest BCUT2D eigenvalue weighted by atomic mass is 10.3. The highest BCUT2D eigenvalue weighted by molar-refractivity contribution is 7.90. The third-order valence-electron chi connectivity index (χ3n) is 2.65. The van der Waals surface area contributed by atoms with Crippen molar-refractivity contribution in [2.24, 2.45) is 0 Å². The molecule has 1 aromatic carbocycles. The largest absolute Gasteiger partial charge is 0.464 e. The van der Waals surface area contributed by atoms with Gasteiger partial charge in [-0.25, -0.2) is 17.9 Å². The number of aromatic nitrogens is 2. The molecule has 0 atom stereocenters. The van der Waals surface area contributed by atoms with E-state index >= 15 is 0 Å². The number of carbonyl (C=O) groups excluding carboxylic acids is 1. The second-order valence-electron chi connectivity index (χ2n) is 4.14. The summed E-state index contributed by atoms with van der Waals surface area (Å²) < 4.78 is 28.7. The number of nitrogens with two attached hydrogens (primary N) is 1. The van der Waals surface area contributed by atoms with Crippen LogP contribution in [0.25, 0.3) is 5.69 Å². The monoisotopic (exact) mass is 295 g/mol. The first-order valence-corrected chi connectivity index (χ1v) is 7.46. The van der Waals surface area contributed by atoms with Gasteiger partial charge in [0.2, 0.25) is 0 Å². The Morgan fingerprint density at radius 2 is 1.90 bits per heavy atom. The van der Waals surface area contributed by atoms with Crippen molar-refractivity contribution >= 4 is 21.5 Å². The van der Waals surface area contributed by atoms with Crippen LogP contribution in [0.2, 0.25) is 0 Å². The number of carbonyl (C=O) groups is 1. The first kappa shape index (κ1) is 14.1. The predicted octanol–water partition coefficient (Wildman–Crippen LogP) is 0.645. The molecule has 1 heterocycles. The highest BCUT2D eigenvalue weighted by Crippen LogP contribution is 2.17. The molecular formula is C12H13N3O4S. The fraction of sp³-hybridized carbons (Fsp3) is 0.167. The van der Waals surface area contributed by atoms with Gasteiger partial charge in [-0.05, 0) is 24.3 Å². The van der Waals surface area contributed by atoms with Gasteiger partial charge in [-0.2, -0.15) is 5.10 Å². The Morgan fingerprint density at radius 3 is 2.40 bits per heavy atom. The number of anilines is 1. The van der Waals surface area contributed by atoms with Gasteiger partial charge in [0.25, 0.3) is 0 Å². The molecule has 0 spiro atoms. The maximum absolute atomic E-state index is 11.4. The first-order valence-electron chi connectivity index (χ1n) is 5.57. The van der Waals surface area contributed by atoms with Crippen molar-refractivity contribution in [3.63, 3.8) is 0 Å². The fourth-order valence-electron chi connectivity index (χ4n) is 1.62. The van der Waals surface area contributed by atoms with Gasteiger partial charge in [-0.1, -0.05) is 0 Å². The molecule has 0 aliphatic rings. The normalized spacial score (nSPS) is 11.3. The van der Waals surface area contributed by atoms with Crippen molar-refractivity contribution in [1.82, 2.24) is 9.78 Å². The predicted molar refractivity (Wildman–Crippen MR) is 72.4 cm³/mol. The number of esters is 1. The average Bonchev–Trinajstić information content (AvgIpc) is 2.79. The lowest BCUT2D eigenvalue weighted by Gasteiger charge is -2.02. The van der Waals surface area contributed by atoms with Crippen LogP contribution in [-0.2, 0) is 14.6 Å². The van der Waals surface area contributed by atoms with Gasteiger partial charge in [-0.3, -0.25) is 0 Å². The summed E-state index contributed by atoms with van der Waals surface area (Å²) in [6, 6.07) is 6.06. The lowest BCUT2D eigenvalue weighted by Crippen LogP contribution is -2.06. The molecule has 106 valence electrons. The number of nitrogen functional groups attached to an aromatic ring is 1. The van der Waals surface area contributed by atoms with Gasteiger partial charge in [0.15, 0.2) is 15.5 Å². The van der Waals surface area contributed by atoms with E-state index in [1.807, 2.05) is 0 Å². The van der Waals surface area contributed by atoms with Crippen molar-refractivity contribution in [3.05, 3.63) is 36.2 Å². The second kappa shape index (κ2) is 4.97. The molecule has 20 heavy (non-hydrogen) atoms. The van der Waals surface area contributed by atoms with Crippen molar-refractivity contribution < 1.29 is 17.9 Å². The van der Waals surface area contributed by atoms with Crippen molar-refractivity contribution in [2.45, 2.75) is 4.90 Å². The van der Waals surface area contributed by atoms with Gasteiger partial charge in [0.05, 0.1) is 29.6 Å². The van der Waals surface area contributed by atoms with Gasteiger partial charge in [0.1, 0.15) is 0 Å². The van der Waals surface area contributed by atoms with Gasteiger partial charge in [-0.15, -0.1) is 0 Å². The smallest absolute Gasteiger partial charge is 0.360 e. The van der Waals surface area contributed by atoms with Crippen LogP contribution in [0.15, 0.2) is 35.4 Å². The molecular weight excluding hydrogens is 282 g/mol. The highest BCUT2D eigenvalue weighted by atomic mass is 32.2. The molecule has 0 fully saturated rings. The zero-order valence-corrected chi connectivity index (χ0v) is 11.7. The van der Waals surface area contributed by atoms with Gasteiger partial charge < -0.3 is 10.5 Å². The Morgan fingerprint density at radius 1 is 1.30 bits per heavy atom. The summed E-state index contributed by atoms with van der Waals surface area (Å²) in [5.74, 6) is -0.631. The van der Waals surface area contributed by atoms with Crippen LogP contribution < -0.4 is 5.73 Å². The Labute approximate surface area is 115 Å². The molecule has 2 rings (SSSR count). The first-order chi connectivity index (χ1) is 9.32. The number of hydrogen-bond donors (Lipinski definition) is 1. The maximum Gasteiger partial charge on any atom is 0.360 e. The standard InChI is InChI=1S/C12H13N3O4S/c1-19-12(16)11-10(13)7-15(14-11)8-3-5-9(6-4-8)20(2,17)18/h3-7H,13H2,1-2H3. The zero-order chi connectivity index (χ0) is 14.9. The molecule has 2 N–H and O–H groups in total. The Balaban J connectivity index is 2.40. The Kier molecular flexibility index (Phi) is 3.49. The quantitative estimate of drug-likeness (QED) is 0.833. The van der Waals surface area contributed by atoms with Crippen molar-refractivity contribution in [2.75, 3.05) is 19.1 Å². The second-order valence-corrected chi connectivity index (χ2v) is 6.15. The molecule has 0 aliphatic heterocycles. The average molecular weight is 295 g/mol. The molecule has 0 bridgehead atoms. The van der Waals surface area contributed by atoms with Crippen molar-refractivity contribution in [3.8, 4) is 5.69 Å². The highest BCUT2D eigenvalue weighted by Gasteiger charge is 2.16. The van der Waals surface area contributed by atoms with E-state index in [1.54, 1.807) is 12.1 Å². The van der Waals surface area contributed by atoms with Crippen LogP contribution in [0.1, 0.15) is 10.5 Å². The summed E-state index contributed by atoms with van der Waals surface area (Å²) in [7, 11) is -2.01. The summed E-state index contributed by atoms with van der Waals surface area (Å²) in [4.78, 5) is 11.6. The van der Waals surface area contributed by atoms with Crippen LogP contribution in [0.4, 0.5) is 5.69 Å². The number of benzene rings is 1. The van der Waals surface area contributed by atoms with Crippen LogP contribution in [-0.4, -0.2) is 37.5 Å². The maximum atomic E-state index is 11.4. The minimum absolute atomic E-state index is 0.0136. The SMILES string of the molecule is COC(=O)c1nn(-c2ccc(S(C)(=O)=O)cc2)cc1N. The van der Waals surface area contributed by atoms with Crippen LogP contribution in [0, 0.1) is 0 Å². The number of ether oxygens (including phenoxy) is 1. The van der Waals surface area contributed by atoms with Gasteiger partial charge >= 0.3 is 5.97 Å². The molecule has 7 nitrogen and oxygen atoms in total. The van der Waals surface area contributed by atoms with E-state index in [0.717, 1.165) is 6.26 Å². The molecule has 0 unspecified atom stereocenters. The minimum Gasteiger partial charge on any atom is -0.464 e. The molecule has 1 aromatic heterocycles. The van der Waals surface area contributed by atoms with Crippen LogP contribution in [0.3, 0.4) is 0 Å². The number of sulfone groups is 1. The third kappa shape index (κ3) is 2.64. The third-order valence-corrected chi connectivity index (χ3v) is 3.78. The zero-order valence-electron chi connectivity index (χ0n) is 10.9. The summed E-state index contributed by atoms with van der Waals surface area (Å²) >= 11 is 0. The number of hydrogen-bond acceptors (Lipinski definition) is 6. The topological polar surface area (TPSA) is 104 Å². The van der Waals surface area contributed by atoms with Crippen molar-refractivity contribution in [1.29, 1.82) is 0 Å². The number of methoxy groups -OCH3 is 1. The summed E-state index contributed by atoms with van der Waals surface area (Å²) in [6.07, 6.45) is 2.59. The van der Waals surface area contributed by atoms with E-state index in [9.17, 15) is 13.2 Å². The molecule has 0 radical (unpaired) electrons. The van der Waals surface area contributed by atoms with E-state index in [2.05, 4.69) is 9.84 Å². The van der Waals surface area contributed by atoms with Crippen LogP contribution >= 0.6 is 0 Å². The lowest BCUT2D eigenvalue weighted by molar-refractivity contribution is 0.0594. The minimum atomic E-state index is -3.25. The number of nitrogens with zero attached hydrogens (tertiary/aromatic N) is 2. The Bertz CT molecular complexity index is 748.